The zero-order valence-corrected chi connectivity index (χ0v) is 10.9. The molecule has 2 atom stereocenters. The summed E-state index contributed by atoms with van der Waals surface area (Å²) >= 11 is 5.97. The number of benzene rings is 1. The normalized spacial score (nSPS) is 23.7. The summed E-state index contributed by atoms with van der Waals surface area (Å²) in [5.74, 6) is 2.58. The maximum absolute atomic E-state index is 5.97. The van der Waals surface area contributed by atoms with Gasteiger partial charge in [0.15, 0.2) is 0 Å². The molecule has 0 bridgehead atoms. The van der Waals surface area contributed by atoms with Crippen LogP contribution >= 0.6 is 11.6 Å². The highest BCUT2D eigenvalue weighted by Gasteiger charge is 2.31. The van der Waals surface area contributed by atoms with Crippen molar-refractivity contribution in [1.82, 2.24) is 0 Å². The zero-order chi connectivity index (χ0) is 12.3. The topological polar surface area (TPSA) is 27.7 Å². The van der Waals surface area contributed by atoms with Gasteiger partial charge in [0.1, 0.15) is 11.5 Å². The predicted molar refractivity (Wildman–Crippen MR) is 67.1 cm³/mol. The van der Waals surface area contributed by atoms with Crippen LogP contribution in [0.4, 0.5) is 0 Å². The third-order valence-electron chi connectivity index (χ3n) is 3.16. The predicted octanol–water partition coefficient (Wildman–Crippen LogP) is 3.02. The molecule has 0 saturated carbocycles. The average Bonchev–Trinajstić information content (AvgIpc) is 2.86. The van der Waals surface area contributed by atoms with E-state index in [4.69, 9.17) is 25.8 Å². The quantitative estimate of drug-likeness (QED) is 0.775. The molecule has 0 amide bonds. The molecule has 4 heteroatoms. The molecule has 1 saturated heterocycles. The highest BCUT2D eigenvalue weighted by atomic mass is 35.5. The minimum absolute atomic E-state index is 0.0116. The van der Waals surface area contributed by atoms with Crippen molar-refractivity contribution in [3.63, 3.8) is 0 Å². The highest BCUT2D eigenvalue weighted by Crippen LogP contribution is 2.40. The second-order valence-corrected chi connectivity index (χ2v) is 4.41. The van der Waals surface area contributed by atoms with E-state index in [9.17, 15) is 0 Å². The number of rotatable bonds is 4. The van der Waals surface area contributed by atoms with E-state index in [0.29, 0.717) is 11.8 Å². The van der Waals surface area contributed by atoms with E-state index < -0.39 is 0 Å². The van der Waals surface area contributed by atoms with E-state index in [2.05, 4.69) is 0 Å². The van der Waals surface area contributed by atoms with Gasteiger partial charge in [0.05, 0.1) is 20.3 Å². The molecule has 2 rings (SSSR count). The van der Waals surface area contributed by atoms with Gasteiger partial charge in [-0.15, -0.1) is 11.6 Å². The minimum atomic E-state index is 0.0116. The van der Waals surface area contributed by atoms with Gasteiger partial charge in [0, 0.05) is 24.0 Å². The Bertz CT molecular complexity index is 381. The molecule has 0 aromatic heterocycles. The van der Waals surface area contributed by atoms with Crippen LogP contribution in [0.3, 0.4) is 0 Å². The standard InChI is InChI=1S/C13H17ClO3/c1-15-10-3-4-12(16-2)11(7-10)13-9(8-14)5-6-17-13/h3-4,7,9,13H,5-6,8H2,1-2H3. The van der Waals surface area contributed by atoms with Crippen LogP contribution in [0.5, 0.6) is 11.5 Å². The first-order valence-electron chi connectivity index (χ1n) is 5.69. The van der Waals surface area contributed by atoms with Gasteiger partial charge in [-0.1, -0.05) is 0 Å². The molecular formula is C13H17ClO3. The van der Waals surface area contributed by atoms with Crippen LogP contribution in [0.2, 0.25) is 0 Å². The van der Waals surface area contributed by atoms with Crippen LogP contribution in [0.1, 0.15) is 18.1 Å². The van der Waals surface area contributed by atoms with Crippen molar-refractivity contribution in [2.45, 2.75) is 12.5 Å². The number of ether oxygens (including phenoxy) is 3. The summed E-state index contributed by atoms with van der Waals surface area (Å²) < 4.78 is 16.4. The molecule has 1 aromatic carbocycles. The lowest BCUT2D eigenvalue weighted by atomic mass is 9.96. The van der Waals surface area contributed by atoms with Gasteiger partial charge >= 0.3 is 0 Å². The van der Waals surface area contributed by atoms with Crippen molar-refractivity contribution in [3.05, 3.63) is 23.8 Å². The Morgan fingerprint density at radius 1 is 1.35 bits per heavy atom. The van der Waals surface area contributed by atoms with Crippen molar-refractivity contribution >= 4 is 11.6 Å². The number of hydrogen-bond donors (Lipinski definition) is 0. The Balaban J connectivity index is 2.34. The first-order chi connectivity index (χ1) is 8.30. The molecule has 1 fully saturated rings. The fraction of sp³-hybridized carbons (Fsp3) is 0.538. The van der Waals surface area contributed by atoms with Crippen molar-refractivity contribution in [3.8, 4) is 11.5 Å². The zero-order valence-electron chi connectivity index (χ0n) is 10.1. The number of halogens is 1. The van der Waals surface area contributed by atoms with Crippen molar-refractivity contribution in [2.24, 2.45) is 5.92 Å². The Morgan fingerprint density at radius 3 is 2.82 bits per heavy atom. The summed E-state index contributed by atoms with van der Waals surface area (Å²) in [4.78, 5) is 0. The van der Waals surface area contributed by atoms with Crippen LogP contribution in [-0.2, 0) is 4.74 Å². The molecule has 0 N–H and O–H groups in total. The molecule has 17 heavy (non-hydrogen) atoms. The molecule has 1 aliphatic rings. The maximum atomic E-state index is 5.97. The Morgan fingerprint density at radius 2 is 2.18 bits per heavy atom. The Labute approximate surface area is 107 Å². The minimum Gasteiger partial charge on any atom is -0.497 e. The number of methoxy groups -OCH3 is 2. The second-order valence-electron chi connectivity index (χ2n) is 4.10. The summed E-state index contributed by atoms with van der Waals surface area (Å²) in [5.41, 5.74) is 1.02. The molecule has 1 heterocycles. The largest absolute Gasteiger partial charge is 0.497 e. The Hall–Kier alpha value is -0.930. The van der Waals surface area contributed by atoms with Crippen LogP contribution in [0.15, 0.2) is 18.2 Å². The number of alkyl halides is 1. The van der Waals surface area contributed by atoms with Crippen LogP contribution in [0.25, 0.3) is 0 Å². The van der Waals surface area contributed by atoms with Gasteiger partial charge in [-0.2, -0.15) is 0 Å². The monoisotopic (exact) mass is 256 g/mol. The van der Waals surface area contributed by atoms with Crippen LogP contribution < -0.4 is 9.47 Å². The smallest absolute Gasteiger partial charge is 0.124 e. The van der Waals surface area contributed by atoms with Gasteiger partial charge in [0.25, 0.3) is 0 Å². The lowest BCUT2D eigenvalue weighted by Gasteiger charge is -2.20. The summed E-state index contributed by atoms with van der Waals surface area (Å²) in [6.45, 7) is 0.752. The van der Waals surface area contributed by atoms with Gasteiger partial charge in [0.2, 0.25) is 0 Å². The lowest BCUT2D eigenvalue weighted by Crippen LogP contribution is -2.10. The first kappa shape index (κ1) is 12.5. The summed E-state index contributed by atoms with van der Waals surface area (Å²) in [6, 6.07) is 5.75. The third-order valence-corrected chi connectivity index (χ3v) is 3.55. The SMILES string of the molecule is COc1ccc(OC)c(C2OCCC2CCl)c1. The van der Waals surface area contributed by atoms with Gasteiger partial charge in [-0.3, -0.25) is 0 Å². The van der Waals surface area contributed by atoms with Crippen LogP contribution in [0, 0.1) is 5.92 Å². The molecule has 3 nitrogen and oxygen atoms in total. The highest BCUT2D eigenvalue weighted by molar-refractivity contribution is 6.18. The van der Waals surface area contributed by atoms with E-state index in [1.54, 1.807) is 14.2 Å². The third kappa shape index (κ3) is 2.50. The first-order valence-corrected chi connectivity index (χ1v) is 6.23. The molecule has 0 aliphatic carbocycles. The maximum Gasteiger partial charge on any atom is 0.124 e. The molecule has 0 spiro atoms. The van der Waals surface area contributed by atoms with Gasteiger partial charge < -0.3 is 14.2 Å². The van der Waals surface area contributed by atoms with E-state index in [1.165, 1.54) is 0 Å². The van der Waals surface area contributed by atoms with E-state index >= 15 is 0 Å². The summed E-state index contributed by atoms with van der Waals surface area (Å²) in [7, 11) is 3.32. The molecule has 2 unspecified atom stereocenters. The van der Waals surface area contributed by atoms with Gasteiger partial charge in [-0.05, 0) is 24.6 Å². The van der Waals surface area contributed by atoms with Crippen molar-refractivity contribution in [1.29, 1.82) is 0 Å². The lowest BCUT2D eigenvalue weighted by molar-refractivity contribution is 0.0926. The molecule has 1 aromatic rings. The summed E-state index contributed by atoms with van der Waals surface area (Å²) in [6.07, 6.45) is 1.01. The fourth-order valence-electron chi connectivity index (χ4n) is 2.20. The molecule has 0 radical (unpaired) electrons. The van der Waals surface area contributed by atoms with Crippen molar-refractivity contribution < 1.29 is 14.2 Å². The summed E-state index contributed by atoms with van der Waals surface area (Å²) in [5, 5.41) is 0. The molecule has 94 valence electrons. The Kier molecular flexibility index (Phi) is 4.13. The van der Waals surface area contributed by atoms with Crippen LogP contribution in [-0.4, -0.2) is 26.7 Å². The van der Waals surface area contributed by atoms with Crippen molar-refractivity contribution in [2.75, 3.05) is 26.7 Å². The molecular weight excluding hydrogens is 240 g/mol. The van der Waals surface area contributed by atoms with E-state index in [-0.39, 0.29) is 6.10 Å². The molecule has 1 aliphatic heterocycles. The van der Waals surface area contributed by atoms with E-state index in [0.717, 1.165) is 30.1 Å². The van der Waals surface area contributed by atoms with Gasteiger partial charge in [-0.25, -0.2) is 0 Å². The van der Waals surface area contributed by atoms with E-state index in [1.807, 2.05) is 18.2 Å². The average molecular weight is 257 g/mol. The number of hydrogen-bond acceptors (Lipinski definition) is 3. The fourth-order valence-corrected chi connectivity index (χ4v) is 2.51. The second kappa shape index (κ2) is 5.61.